The highest BCUT2D eigenvalue weighted by atomic mass is 19.1. The summed E-state index contributed by atoms with van der Waals surface area (Å²) in [5.74, 6) is -0.643. The summed E-state index contributed by atoms with van der Waals surface area (Å²) in [4.78, 5) is 23.7. The van der Waals surface area contributed by atoms with Gasteiger partial charge in [-0.15, -0.1) is 0 Å². The molecule has 0 radical (unpaired) electrons. The average molecular weight is 313 g/mol. The number of amides is 2. The Hall–Kier alpha value is -2.15. The fourth-order valence-corrected chi connectivity index (χ4v) is 1.81. The second kappa shape index (κ2) is 9.73. The monoisotopic (exact) mass is 313 g/mol. The lowest BCUT2D eigenvalue weighted by atomic mass is 10.3. The summed E-state index contributed by atoms with van der Waals surface area (Å²) in [5.41, 5.74) is 0. The first kappa shape index (κ1) is 17.9. The standard InChI is InChI=1S/C15H21FN2O4/c1-3-18(11-14(19)17-15(20)21-4-2)9-10-22-13-8-6-5-7-12(13)16/h5-8H,3-4,9-11H2,1-2H3,(H,17,19,20)/p+1. The lowest BCUT2D eigenvalue weighted by Gasteiger charge is -2.17. The summed E-state index contributed by atoms with van der Waals surface area (Å²) in [5, 5.41) is 2.14. The van der Waals surface area contributed by atoms with E-state index in [0.29, 0.717) is 13.1 Å². The molecule has 0 aliphatic heterocycles. The molecule has 7 heteroatoms. The van der Waals surface area contributed by atoms with Gasteiger partial charge in [0.15, 0.2) is 18.1 Å². The molecule has 0 heterocycles. The summed E-state index contributed by atoms with van der Waals surface area (Å²) in [6.45, 7) is 5.37. The maximum absolute atomic E-state index is 13.4. The Balaban J connectivity index is 2.34. The number of nitrogens with one attached hydrogen (secondary N) is 2. The Kier molecular flexibility index (Phi) is 7.91. The number of carbonyl (C=O) groups is 2. The molecule has 0 aromatic heterocycles. The van der Waals surface area contributed by atoms with Gasteiger partial charge in [-0.2, -0.15) is 0 Å². The minimum Gasteiger partial charge on any atom is -0.485 e. The molecule has 0 saturated carbocycles. The fraction of sp³-hybridized carbons (Fsp3) is 0.467. The van der Waals surface area contributed by atoms with Gasteiger partial charge in [0.25, 0.3) is 5.91 Å². The van der Waals surface area contributed by atoms with Gasteiger partial charge in [0, 0.05) is 0 Å². The summed E-state index contributed by atoms with van der Waals surface area (Å²) in [6, 6.07) is 6.15. The first-order valence-corrected chi connectivity index (χ1v) is 7.24. The zero-order valence-electron chi connectivity index (χ0n) is 12.9. The smallest absolute Gasteiger partial charge is 0.414 e. The number of para-hydroxylation sites is 1. The number of halogens is 1. The van der Waals surface area contributed by atoms with Gasteiger partial charge in [-0.1, -0.05) is 12.1 Å². The van der Waals surface area contributed by atoms with E-state index in [-0.39, 0.29) is 25.5 Å². The van der Waals surface area contributed by atoms with Crippen molar-refractivity contribution in [2.75, 3.05) is 32.8 Å². The number of carbonyl (C=O) groups excluding carboxylic acids is 2. The van der Waals surface area contributed by atoms with E-state index in [0.717, 1.165) is 4.90 Å². The van der Waals surface area contributed by atoms with E-state index in [2.05, 4.69) is 10.1 Å². The Morgan fingerprint density at radius 3 is 2.64 bits per heavy atom. The number of imide groups is 1. The molecule has 1 aromatic carbocycles. The van der Waals surface area contributed by atoms with Crippen LogP contribution in [0.4, 0.5) is 9.18 Å². The zero-order chi connectivity index (χ0) is 16.4. The Bertz CT molecular complexity index is 496. The number of rotatable bonds is 8. The van der Waals surface area contributed by atoms with Crippen molar-refractivity contribution in [1.29, 1.82) is 0 Å². The first-order chi connectivity index (χ1) is 10.6. The number of alkyl carbamates (subject to hydrolysis) is 1. The van der Waals surface area contributed by atoms with Crippen LogP contribution in [0.1, 0.15) is 13.8 Å². The summed E-state index contributed by atoms with van der Waals surface area (Å²) in [6.07, 6.45) is -0.745. The van der Waals surface area contributed by atoms with Gasteiger partial charge in [0.2, 0.25) is 0 Å². The van der Waals surface area contributed by atoms with Crippen LogP contribution >= 0.6 is 0 Å². The molecule has 2 amide bonds. The van der Waals surface area contributed by atoms with E-state index in [9.17, 15) is 14.0 Å². The maximum Gasteiger partial charge on any atom is 0.414 e. The van der Waals surface area contributed by atoms with Gasteiger partial charge in [-0.3, -0.25) is 10.1 Å². The number of likely N-dealkylation sites (N-methyl/N-ethyl adjacent to an activating group) is 1. The summed E-state index contributed by atoms with van der Waals surface area (Å²) >= 11 is 0. The van der Waals surface area contributed by atoms with Crippen molar-refractivity contribution in [1.82, 2.24) is 5.32 Å². The van der Waals surface area contributed by atoms with Gasteiger partial charge in [-0.05, 0) is 26.0 Å². The number of ether oxygens (including phenoxy) is 2. The van der Waals surface area contributed by atoms with Crippen molar-refractivity contribution >= 4 is 12.0 Å². The number of quaternary nitrogens is 1. The van der Waals surface area contributed by atoms with Gasteiger partial charge in [0.05, 0.1) is 13.2 Å². The Labute approximate surface area is 129 Å². The molecule has 0 aliphatic carbocycles. The number of benzene rings is 1. The van der Waals surface area contributed by atoms with Gasteiger partial charge < -0.3 is 14.4 Å². The minimum absolute atomic E-state index is 0.121. The minimum atomic E-state index is -0.745. The highest BCUT2D eigenvalue weighted by Crippen LogP contribution is 2.14. The van der Waals surface area contributed by atoms with Crippen molar-refractivity contribution < 1.29 is 28.4 Å². The van der Waals surface area contributed by atoms with Crippen LogP contribution in [0.2, 0.25) is 0 Å². The van der Waals surface area contributed by atoms with E-state index in [1.807, 2.05) is 6.92 Å². The van der Waals surface area contributed by atoms with Crippen LogP contribution in [0.5, 0.6) is 5.75 Å². The van der Waals surface area contributed by atoms with Crippen LogP contribution in [-0.2, 0) is 9.53 Å². The highest BCUT2D eigenvalue weighted by molar-refractivity contribution is 5.92. The van der Waals surface area contributed by atoms with Crippen LogP contribution in [0.3, 0.4) is 0 Å². The molecule has 0 spiro atoms. The molecule has 2 N–H and O–H groups in total. The predicted molar refractivity (Wildman–Crippen MR) is 78.3 cm³/mol. The lowest BCUT2D eigenvalue weighted by molar-refractivity contribution is -0.890. The van der Waals surface area contributed by atoms with Crippen LogP contribution in [0, 0.1) is 5.82 Å². The Morgan fingerprint density at radius 1 is 1.27 bits per heavy atom. The van der Waals surface area contributed by atoms with Crippen LogP contribution in [-0.4, -0.2) is 44.8 Å². The molecule has 0 aliphatic rings. The average Bonchev–Trinajstić information content (AvgIpc) is 2.48. The van der Waals surface area contributed by atoms with Crippen molar-refractivity contribution in [3.63, 3.8) is 0 Å². The van der Waals surface area contributed by atoms with Crippen LogP contribution in [0.25, 0.3) is 0 Å². The zero-order valence-corrected chi connectivity index (χ0v) is 12.9. The van der Waals surface area contributed by atoms with E-state index in [4.69, 9.17) is 4.74 Å². The lowest BCUT2D eigenvalue weighted by Crippen LogP contribution is -3.13. The molecule has 22 heavy (non-hydrogen) atoms. The molecule has 1 unspecified atom stereocenters. The van der Waals surface area contributed by atoms with E-state index in [1.165, 1.54) is 6.07 Å². The van der Waals surface area contributed by atoms with Crippen molar-refractivity contribution in [2.45, 2.75) is 13.8 Å². The van der Waals surface area contributed by atoms with Crippen molar-refractivity contribution in [3.8, 4) is 5.75 Å². The SMILES string of the molecule is CCOC(=O)NC(=O)C[NH+](CC)CCOc1ccccc1F. The molecule has 1 aromatic rings. The summed E-state index contributed by atoms with van der Waals surface area (Å²) in [7, 11) is 0. The molecule has 1 atom stereocenters. The second-order valence-electron chi connectivity index (χ2n) is 4.58. The molecule has 0 bridgehead atoms. The van der Waals surface area contributed by atoms with Gasteiger partial charge in [0.1, 0.15) is 13.2 Å². The first-order valence-electron chi connectivity index (χ1n) is 7.24. The van der Waals surface area contributed by atoms with Crippen LogP contribution in [0.15, 0.2) is 24.3 Å². The van der Waals surface area contributed by atoms with Crippen molar-refractivity contribution in [2.24, 2.45) is 0 Å². The third kappa shape index (κ3) is 6.53. The van der Waals surface area contributed by atoms with E-state index in [1.54, 1.807) is 25.1 Å². The fourth-order valence-electron chi connectivity index (χ4n) is 1.81. The largest absolute Gasteiger partial charge is 0.485 e. The molecule has 1 rings (SSSR count). The summed E-state index contributed by atoms with van der Waals surface area (Å²) < 4.78 is 23.4. The van der Waals surface area contributed by atoms with Crippen LogP contribution < -0.4 is 15.0 Å². The third-order valence-electron chi connectivity index (χ3n) is 2.98. The molecule has 0 fully saturated rings. The van der Waals surface area contributed by atoms with Gasteiger partial charge in [-0.25, -0.2) is 9.18 Å². The third-order valence-corrected chi connectivity index (χ3v) is 2.98. The topological polar surface area (TPSA) is 69.1 Å². The quantitative estimate of drug-likeness (QED) is 0.728. The Morgan fingerprint density at radius 2 is 2.00 bits per heavy atom. The normalized spacial score (nSPS) is 11.6. The number of hydrogen-bond acceptors (Lipinski definition) is 4. The van der Waals surface area contributed by atoms with E-state index >= 15 is 0 Å². The molecule has 0 saturated heterocycles. The number of hydrogen-bond donors (Lipinski definition) is 2. The molecule has 6 nitrogen and oxygen atoms in total. The second-order valence-corrected chi connectivity index (χ2v) is 4.58. The van der Waals surface area contributed by atoms with Crippen molar-refractivity contribution in [3.05, 3.63) is 30.1 Å². The van der Waals surface area contributed by atoms with Gasteiger partial charge >= 0.3 is 6.09 Å². The maximum atomic E-state index is 13.4. The predicted octanol–water partition coefficient (Wildman–Crippen LogP) is 0.382. The molecule has 122 valence electrons. The highest BCUT2D eigenvalue weighted by Gasteiger charge is 2.15. The molecular weight excluding hydrogens is 291 g/mol. The van der Waals surface area contributed by atoms with E-state index < -0.39 is 17.8 Å². The molecular formula is C15H22FN2O4+.